The normalized spacial score (nSPS) is 22.9. The van der Waals surface area contributed by atoms with Crippen molar-refractivity contribution in [1.29, 1.82) is 0 Å². The average Bonchev–Trinajstić information content (AvgIpc) is 2.96. The molecule has 0 bridgehead atoms. The number of ether oxygens (including phenoxy) is 2. The van der Waals surface area contributed by atoms with Crippen molar-refractivity contribution in [3.8, 4) is 0 Å². The zero-order valence-electron chi connectivity index (χ0n) is 9.83. The standard InChI is InChI=1S/C11H13NO5S/c1-16-7-3-2-4-8(7)17-11(13)9-5-6-10(18-9)12(14)15/h5-8H,2-4H2,1H3/t7-,8-/m0/s1. The van der Waals surface area contributed by atoms with Gasteiger partial charge in [0.2, 0.25) is 0 Å². The van der Waals surface area contributed by atoms with Gasteiger partial charge in [0.05, 0.1) is 11.0 Å². The first-order chi connectivity index (χ1) is 8.61. The molecular weight excluding hydrogens is 258 g/mol. The quantitative estimate of drug-likeness (QED) is 0.477. The Balaban J connectivity index is 2.00. The maximum Gasteiger partial charge on any atom is 0.348 e. The minimum Gasteiger partial charge on any atom is -0.455 e. The van der Waals surface area contributed by atoms with Gasteiger partial charge in [-0.3, -0.25) is 10.1 Å². The lowest BCUT2D eigenvalue weighted by molar-refractivity contribution is -0.380. The first-order valence-corrected chi connectivity index (χ1v) is 6.41. The summed E-state index contributed by atoms with van der Waals surface area (Å²) in [7, 11) is 1.59. The van der Waals surface area contributed by atoms with Gasteiger partial charge in [-0.1, -0.05) is 11.3 Å². The molecule has 0 radical (unpaired) electrons. The molecule has 1 aromatic heterocycles. The Hall–Kier alpha value is -1.47. The topological polar surface area (TPSA) is 78.7 Å². The van der Waals surface area contributed by atoms with E-state index in [1.807, 2.05) is 0 Å². The third-order valence-corrected chi connectivity index (χ3v) is 3.94. The van der Waals surface area contributed by atoms with Crippen LogP contribution in [0.3, 0.4) is 0 Å². The summed E-state index contributed by atoms with van der Waals surface area (Å²) in [4.78, 5) is 22.1. The van der Waals surface area contributed by atoms with Crippen molar-refractivity contribution in [2.45, 2.75) is 31.5 Å². The number of hydrogen-bond acceptors (Lipinski definition) is 6. The van der Waals surface area contributed by atoms with E-state index in [1.54, 1.807) is 7.11 Å². The third-order valence-electron chi connectivity index (χ3n) is 2.93. The second kappa shape index (κ2) is 5.45. The van der Waals surface area contributed by atoms with Gasteiger partial charge < -0.3 is 9.47 Å². The van der Waals surface area contributed by atoms with Crippen molar-refractivity contribution in [3.63, 3.8) is 0 Å². The van der Waals surface area contributed by atoms with Crippen LogP contribution < -0.4 is 0 Å². The molecule has 0 unspecified atom stereocenters. The molecule has 0 amide bonds. The van der Waals surface area contributed by atoms with Crippen LogP contribution in [0.15, 0.2) is 12.1 Å². The number of esters is 1. The van der Waals surface area contributed by atoms with Crippen molar-refractivity contribution in [1.82, 2.24) is 0 Å². The van der Waals surface area contributed by atoms with Crippen molar-refractivity contribution in [2.75, 3.05) is 7.11 Å². The second-order valence-electron chi connectivity index (χ2n) is 4.04. The summed E-state index contributed by atoms with van der Waals surface area (Å²) in [6.07, 6.45) is 2.30. The predicted octanol–water partition coefficient (Wildman–Crippen LogP) is 2.38. The van der Waals surface area contributed by atoms with Crippen LogP contribution in [0.5, 0.6) is 0 Å². The van der Waals surface area contributed by atoms with E-state index >= 15 is 0 Å². The van der Waals surface area contributed by atoms with E-state index < -0.39 is 10.9 Å². The summed E-state index contributed by atoms with van der Waals surface area (Å²) >= 11 is 0.827. The smallest absolute Gasteiger partial charge is 0.348 e. The molecule has 0 aliphatic heterocycles. The van der Waals surface area contributed by atoms with Gasteiger partial charge in [0.25, 0.3) is 0 Å². The Morgan fingerprint density at radius 2 is 2.17 bits per heavy atom. The highest BCUT2D eigenvalue weighted by molar-refractivity contribution is 7.17. The third kappa shape index (κ3) is 2.68. The minimum atomic E-state index is -0.519. The van der Waals surface area contributed by atoms with E-state index in [2.05, 4.69) is 0 Å². The molecule has 1 aromatic rings. The number of hydrogen-bond donors (Lipinski definition) is 0. The van der Waals surface area contributed by atoms with Crippen LogP contribution in [0, 0.1) is 10.1 Å². The highest BCUT2D eigenvalue weighted by Gasteiger charge is 2.31. The average molecular weight is 271 g/mol. The van der Waals surface area contributed by atoms with Crippen LogP contribution in [0.2, 0.25) is 0 Å². The Bertz CT molecular complexity index is 458. The van der Waals surface area contributed by atoms with Gasteiger partial charge in [0.15, 0.2) is 0 Å². The van der Waals surface area contributed by atoms with Crippen LogP contribution in [-0.2, 0) is 9.47 Å². The van der Waals surface area contributed by atoms with Crippen molar-refractivity contribution in [3.05, 3.63) is 27.1 Å². The molecule has 2 rings (SSSR count). The number of carbonyl (C=O) groups is 1. The molecule has 1 saturated carbocycles. The number of nitro groups is 1. The van der Waals surface area contributed by atoms with E-state index in [4.69, 9.17) is 9.47 Å². The Kier molecular flexibility index (Phi) is 3.93. The molecule has 7 heteroatoms. The minimum absolute atomic E-state index is 0.0586. The van der Waals surface area contributed by atoms with Crippen LogP contribution >= 0.6 is 11.3 Å². The van der Waals surface area contributed by atoms with Gasteiger partial charge in [-0.05, 0) is 25.3 Å². The number of methoxy groups -OCH3 is 1. The molecule has 0 N–H and O–H groups in total. The van der Waals surface area contributed by atoms with Gasteiger partial charge in [0.1, 0.15) is 11.0 Å². The van der Waals surface area contributed by atoms with Crippen LogP contribution in [0.25, 0.3) is 0 Å². The molecule has 98 valence electrons. The molecule has 0 spiro atoms. The highest BCUT2D eigenvalue weighted by atomic mass is 32.1. The summed E-state index contributed by atoms with van der Waals surface area (Å²) < 4.78 is 10.5. The van der Waals surface area contributed by atoms with Crippen LogP contribution in [0.4, 0.5) is 5.00 Å². The number of carbonyl (C=O) groups excluding carboxylic acids is 1. The molecule has 1 aliphatic carbocycles. The molecule has 1 fully saturated rings. The van der Waals surface area contributed by atoms with E-state index in [0.29, 0.717) is 0 Å². The van der Waals surface area contributed by atoms with Gasteiger partial charge in [-0.2, -0.15) is 0 Å². The maximum atomic E-state index is 11.8. The fourth-order valence-electron chi connectivity index (χ4n) is 2.03. The van der Waals surface area contributed by atoms with Crippen molar-refractivity contribution >= 4 is 22.3 Å². The lowest BCUT2D eigenvalue weighted by atomic mass is 10.2. The van der Waals surface area contributed by atoms with Gasteiger partial charge in [-0.15, -0.1) is 0 Å². The molecule has 1 aliphatic rings. The molecule has 0 saturated heterocycles. The molecule has 18 heavy (non-hydrogen) atoms. The Morgan fingerprint density at radius 1 is 1.44 bits per heavy atom. The summed E-state index contributed by atoms with van der Waals surface area (Å²) in [5.74, 6) is -0.512. The molecule has 2 atom stereocenters. The van der Waals surface area contributed by atoms with Gasteiger partial charge in [-0.25, -0.2) is 4.79 Å². The monoisotopic (exact) mass is 271 g/mol. The van der Waals surface area contributed by atoms with Crippen molar-refractivity contribution in [2.24, 2.45) is 0 Å². The number of nitrogens with zero attached hydrogens (tertiary/aromatic N) is 1. The van der Waals surface area contributed by atoms with Crippen LogP contribution in [0.1, 0.15) is 28.9 Å². The lowest BCUT2D eigenvalue weighted by Gasteiger charge is -2.18. The number of rotatable bonds is 4. The molecule has 1 heterocycles. The summed E-state index contributed by atoms with van der Waals surface area (Å²) in [6, 6.07) is 2.73. The van der Waals surface area contributed by atoms with E-state index in [0.717, 1.165) is 30.6 Å². The Morgan fingerprint density at radius 3 is 2.78 bits per heavy atom. The Labute approximate surface area is 108 Å². The molecule has 0 aromatic carbocycles. The van der Waals surface area contributed by atoms with Gasteiger partial charge in [0, 0.05) is 13.2 Å². The predicted molar refractivity (Wildman–Crippen MR) is 64.8 cm³/mol. The van der Waals surface area contributed by atoms with Crippen LogP contribution in [-0.4, -0.2) is 30.2 Å². The number of thiophene rings is 1. The van der Waals surface area contributed by atoms with E-state index in [-0.39, 0.29) is 22.1 Å². The zero-order chi connectivity index (χ0) is 13.1. The summed E-state index contributed by atoms with van der Waals surface area (Å²) in [5.41, 5.74) is 0. The SMILES string of the molecule is CO[C@H]1CCC[C@@H]1OC(=O)c1ccc([N+](=O)[O-])s1. The largest absolute Gasteiger partial charge is 0.455 e. The van der Waals surface area contributed by atoms with E-state index in [1.165, 1.54) is 12.1 Å². The first-order valence-electron chi connectivity index (χ1n) is 5.60. The summed E-state index contributed by atoms with van der Waals surface area (Å²) in [5, 5.41) is 10.5. The summed E-state index contributed by atoms with van der Waals surface area (Å²) in [6.45, 7) is 0. The molecule has 6 nitrogen and oxygen atoms in total. The van der Waals surface area contributed by atoms with E-state index in [9.17, 15) is 14.9 Å². The molecular formula is C11H13NO5S. The zero-order valence-corrected chi connectivity index (χ0v) is 10.6. The fraction of sp³-hybridized carbons (Fsp3) is 0.545. The fourth-order valence-corrected chi connectivity index (χ4v) is 2.73. The second-order valence-corrected chi connectivity index (χ2v) is 5.11. The van der Waals surface area contributed by atoms with Crippen molar-refractivity contribution < 1.29 is 19.2 Å². The highest BCUT2D eigenvalue weighted by Crippen LogP contribution is 2.28. The first kappa shape index (κ1) is 13.0. The lowest BCUT2D eigenvalue weighted by Crippen LogP contribution is -2.27. The van der Waals surface area contributed by atoms with Gasteiger partial charge >= 0.3 is 11.0 Å². The maximum absolute atomic E-state index is 11.8.